The lowest BCUT2D eigenvalue weighted by atomic mass is 10.1. The van der Waals surface area contributed by atoms with Crippen LogP contribution in [-0.4, -0.2) is 45.5 Å². The van der Waals surface area contributed by atoms with Crippen molar-refractivity contribution in [2.45, 2.75) is 12.8 Å². The number of aromatic nitrogens is 5. The highest BCUT2D eigenvalue weighted by Crippen LogP contribution is 2.39. The molecule has 3 heterocycles. The van der Waals surface area contributed by atoms with E-state index in [0.717, 1.165) is 18.4 Å². The van der Waals surface area contributed by atoms with Crippen LogP contribution in [0.3, 0.4) is 0 Å². The van der Waals surface area contributed by atoms with E-state index in [-0.39, 0.29) is 22.8 Å². The second-order valence-electron chi connectivity index (χ2n) is 8.00. The third-order valence-corrected chi connectivity index (χ3v) is 5.61. The number of ether oxygens (including phenoxy) is 2. The number of hydrogen-bond acceptors (Lipinski definition) is 7. The average molecular weight is 452 g/mol. The van der Waals surface area contributed by atoms with Crippen molar-refractivity contribution in [1.82, 2.24) is 24.7 Å². The number of halogens is 2. The lowest BCUT2D eigenvalue weighted by Gasteiger charge is -2.15. The molecule has 1 aliphatic rings. The van der Waals surface area contributed by atoms with Crippen LogP contribution in [0.2, 0.25) is 0 Å². The molecule has 1 aliphatic carbocycles. The second kappa shape index (κ2) is 8.27. The van der Waals surface area contributed by atoms with Crippen molar-refractivity contribution in [2.24, 2.45) is 13.0 Å². The molecule has 10 heteroatoms. The van der Waals surface area contributed by atoms with E-state index >= 15 is 8.78 Å². The number of pyridine rings is 1. The maximum absolute atomic E-state index is 15.2. The van der Waals surface area contributed by atoms with E-state index < -0.39 is 11.6 Å². The number of hydrogen-bond donors (Lipinski definition) is 1. The normalized spacial score (nSPS) is 13.4. The van der Waals surface area contributed by atoms with Gasteiger partial charge >= 0.3 is 0 Å². The van der Waals surface area contributed by atoms with Gasteiger partial charge in [-0.25, -0.2) is 23.7 Å². The Labute approximate surface area is 188 Å². The molecule has 0 amide bonds. The second-order valence-corrected chi connectivity index (χ2v) is 8.00. The standard InChI is InChI=1S/C23H22F2N6O2/c1-31-11-14(10-28-31)22-27-9-13-6-15(29-23(21(13)30-22)26-8-12-4-5-12)18-19(24)16(32-2)7-17(33-3)20(18)25/h6-7,9-12H,4-5,8H2,1-3H3,(H,26,29). The van der Waals surface area contributed by atoms with Gasteiger partial charge in [0, 0.05) is 37.4 Å². The van der Waals surface area contributed by atoms with Crippen LogP contribution in [0.15, 0.2) is 30.7 Å². The van der Waals surface area contributed by atoms with Gasteiger partial charge in [0.15, 0.2) is 34.8 Å². The van der Waals surface area contributed by atoms with E-state index in [0.29, 0.717) is 35.0 Å². The summed E-state index contributed by atoms with van der Waals surface area (Å²) in [5.41, 5.74) is 1.07. The molecule has 0 bridgehead atoms. The topological polar surface area (TPSA) is 87.0 Å². The molecule has 33 heavy (non-hydrogen) atoms. The number of nitrogens with zero attached hydrogens (tertiary/aromatic N) is 5. The van der Waals surface area contributed by atoms with Crippen molar-refractivity contribution in [3.05, 3.63) is 42.4 Å². The lowest BCUT2D eigenvalue weighted by Crippen LogP contribution is -2.08. The zero-order valence-corrected chi connectivity index (χ0v) is 18.4. The van der Waals surface area contributed by atoms with Gasteiger partial charge in [0.1, 0.15) is 5.52 Å². The molecule has 3 aromatic heterocycles. The van der Waals surface area contributed by atoms with E-state index in [9.17, 15) is 0 Å². The smallest absolute Gasteiger partial charge is 0.177 e. The van der Waals surface area contributed by atoms with Crippen LogP contribution in [0, 0.1) is 17.6 Å². The molecule has 4 aromatic rings. The van der Waals surface area contributed by atoms with Gasteiger partial charge in [-0.2, -0.15) is 5.10 Å². The van der Waals surface area contributed by atoms with Gasteiger partial charge in [0.2, 0.25) is 0 Å². The number of methoxy groups -OCH3 is 2. The van der Waals surface area contributed by atoms with Crippen molar-refractivity contribution >= 4 is 16.7 Å². The third kappa shape index (κ3) is 3.92. The van der Waals surface area contributed by atoms with E-state index in [1.807, 2.05) is 13.2 Å². The molecule has 0 radical (unpaired) electrons. The summed E-state index contributed by atoms with van der Waals surface area (Å²) in [6, 6.07) is 2.73. The first-order valence-electron chi connectivity index (χ1n) is 10.5. The molecule has 0 saturated heterocycles. The highest BCUT2D eigenvalue weighted by atomic mass is 19.1. The van der Waals surface area contributed by atoms with E-state index in [2.05, 4.69) is 25.4 Å². The number of benzene rings is 1. The van der Waals surface area contributed by atoms with Crippen LogP contribution < -0.4 is 14.8 Å². The van der Waals surface area contributed by atoms with Crippen LogP contribution in [0.4, 0.5) is 14.6 Å². The Morgan fingerprint density at radius 2 is 1.79 bits per heavy atom. The van der Waals surface area contributed by atoms with Crippen molar-refractivity contribution in [1.29, 1.82) is 0 Å². The molecule has 1 fully saturated rings. The zero-order chi connectivity index (χ0) is 23.1. The van der Waals surface area contributed by atoms with Gasteiger partial charge in [0.25, 0.3) is 0 Å². The molecule has 0 atom stereocenters. The summed E-state index contributed by atoms with van der Waals surface area (Å²) in [5, 5.41) is 8.07. The van der Waals surface area contributed by atoms with Crippen molar-refractivity contribution in [3.8, 4) is 34.1 Å². The van der Waals surface area contributed by atoms with Gasteiger partial charge in [-0.1, -0.05) is 0 Å². The number of aryl methyl sites for hydroxylation is 1. The molecule has 1 saturated carbocycles. The summed E-state index contributed by atoms with van der Waals surface area (Å²) >= 11 is 0. The highest BCUT2D eigenvalue weighted by Gasteiger charge is 2.25. The fraction of sp³-hybridized carbons (Fsp3) is 0.304. The zero-order valence-electron chi connectivity index (χ0n) is 18.4. The maximum Gasteiger partial charge on any atom is 0.177 e. The largest absolute Gasteiger partial charge is 0.494 e. The maximum atomic E-state index is 15.2. The Morgan fingerprint density at radius 3 is 2.39 bits per heavy atom. The minimum Gasteiger partial charge on any atom is -0.494 e. The molecular formula is C23H22F2N6O2. The quantitative estimate of drug-likeness (QED) is 0.449. The van der Waals surface area contributed by atoms with Gasteiger partial charge in [0.05, 0.1) is 37.2 Å². The number of anilines is 1. The SMILES string of the molecule is COc1cc(OC)c(F)c(-c2cc3cnc(-c4cnn(C)c4)nc3c(NCC3CC3)n2)c1F. The predicted molar refractivity (Wildman–Crippen MR) is 119 cm³/mol. The third-order valence-electron chi connectivity index (χ3n) is 5.61. The molecule has 0 spiro atoms. The summed E-state index contributed by atoms with van der Waals surface area (Å²) in [6.07, 6.45) is 7.38. The average Bonchev–Trinajstić information content (AvgIpc) is 3.55. The van der Waals surface area contributed by atoms with E-state index in [1.165, 1.54) is 20.3 Å². The van der Waals surface area contributed by atoms with Gasteiger partial charge in [-0.15, -0.1) is 0 Å². The Hall–Kier alpha value is -3.82. The summed E-state index contributed by atoms with van der Waals surface area (Å²) < 4.78 is 42.1. The molecular weight excluding hydrogens is 430 g/mol. The number of fused-ring (bicyclic) bond motifs is 1. The minimum absolute atomic E-state index is 0.0886. The Balaban J connectivity index is 1.69. The summed E-state index contributed by atoms with van der Waals surface area (Å²) in [7, 11) is 4.43. The predicted octanol–water partition coefficient (Wildman–Crippen LogP) is 4.21. The van der Waals surface area contributed by atoms with Crippen LogP contribution in [0.1, 0.15) is 12.8 Å². The van der Waals surface area contributed by atoms with Crippen LogP contribution in [0.25, 0.3) is 33.5 Å². The highest BCUT2D eigenvalue weighted by molar-refractivity contribution is 5.92. The molecule has 1 N–H and O–H groups in total. The van der Waals surface area contributed by atoms with Crippen molar-refractivity contribution < 1.29 is 18.3 Å². The van der Waals surface area contributed by atoms with Crippen molar-refractivity contribution in [2.75, 3.05) is 26.1 Å². The number of rotatable bonds is 7. The summed E-state index contributed by atoms with van der Waals surface area (Å²) in [5.74, 6) is -0.521. The molecule has 170 valence electrons. The van der Waals surface area contributed by atoms with Crippen LogP contribution in [0.5, 0.6) is 11.5 Å². The lowest BCUT2D eigenvalue weighted by molar-refractivity contribution is 0.359. The van der Waals surface area contributed by atoms with Gasteiger partial charge in [-0.05, 0) is 24.8 Å². The van der Waals surface area contributed by atoms with E-state index in [1.54, 1.807) is 23.1 Å². The fourth-order valence-electron chi connectivity index (χ4n) is 3.64. The van der Waals surface area contributed by atoms with Gasteiger partial charge in [-0.3, -0.25) is 4.68 Å². The molecule has 0 aliphatic heterocycles. The first-order valence-corrected chi connectivity index (χ1v) is 10.5. The van der Waals surface area contributed by atoms with Gasteiger partial charge < -0.3 is 14.8 Å². The minimum atomic E-state index is -0.858. The van der Waals surface area contributed by atoms with Crippen LogP contribution >= 0.6 is 0 Å². The molecule has 0 unspecified atom stereocenters. The fourth-order valence-corrected chi connectivity index (χ4v) is 3.64. The Bertz CT molecular complexity index is 1320. The van der Waals surface area contributed by atoms with Crippen LogP contribution in [-0.2, 0) is 7.05 Å². The number of nitrogens with one attached hydrogen (secondary N) is 1. The molecule has 1 aromatic carbocycles. The van der Waals surface area contributed by atoms with E-state index in [4.69, 9.17) is 9.47 Å². The summed E-state index contributed by atoms with van der Waals surface area (Å²) in [6.45, 7) is 0.699. The Morgan fingerprint density at radius 1 is 1.06 bits per heavy atom. The summed E-state index contributed by atoms with van der Waals surface area (Å²) in [4.78, 5) is 13.7. The molecule has 5 rings (SSSR count). The first kappa shape index (κ1) is 21.0. The molecule has 8 nitrogen and oxygen atoms in total. The first-order chi connectivity index (χ1) is 16.0. The monoisotopic (exact) mass is 452 g/mol. The van der Waals surface area contributed by atoms with Crippen molar-refractivity contribution in [3.63, 3.8) is 0 Å². The Kier molecular flexibility index (Phi) is 5.27.